The van der Waals surface area contributed by atoms with Crippen LogP contribution in [0.15, 0.2) is 4.99 Å². The van der Waals surface area contributed by atoms with E-state index in [9.17, 15) is 10.2 Å². The van der Waals surface area contributed by atoms with Gasteiger partial charge >= 0.3 is 0 Å². The van der Waals surface area contributed by atoms with Crippen LogP contribution in [0.5, 0.6) is 0 Å². The van der Waals surface area contributed by atoms with Gasteiger partial charge in [0.15, 0.2) is 0 Å². The Hall–Kier alpha value is -0.530. The van der Waals surface area contributed by atoms with Crippen LogP contribution < -0.4 is 0 Å². The van der Waals surface area contributed by atoms with E-state index >= 15 is 0 Å². The van der Waals surface area contributed by atoms with Crippen molar-refractivity contribution in [2.45, 2.75) is 24.4 Å². The normalized spacial score (nSPS) is 20.7. The lowest BCUT2D eigenvalue weighted by atomic mass is 10.0. The molecule has 0 fully saturated rings. The van der Waals surface area contributed by atoms with E-state index in [1.54, 1.807) is 0 Å². The average molecular weight is 207 g/mol. The molecule has 0 bridgehead atoms. The van der Waals surface area contributed by atoms with Gasteiger partial charge in [-0.05, 0) is 0 Å². The Kier molecular flexibility index (Phi) is 6.60. The van der Waals surface area contributed by atoms with Crippen molar-refractivity contribution in [2.24, 2.45) is 4.99 Å². The molecule has 0 radical (unpaired) electrons. The van der Waals surface area contributed by atoms with Crippen molar-refractivity contribution in [1.82, 2.24) is 0 Å². The number of aliphatic hydroxyl groups excluding tert-OH is 4. The van der Waals surface area contributed by atoms with Gasteiger partial charge in [-0.1, -0.05) is 0 Å². The molecule has 0 aromatic heterocycles. The van der Waals surface area contributed by atoms with Gasteiger partial charge < -0.3 is 25.2 Å². The van der Waals surface area contributed by atoms with Gasteiger partial charge in [0, 0.05) is 20.4 Å². The smallest absolute Gasteiger partial charge is 0.117 e. The van der Waals surface area contributed by atoms with Crippen LogP contribution in [0.1, 0.15) is 0 Å². The first-order valence-corrected chi connectivity index (χ1v) is 4.18. The molecule has 0 unspecified atom stereocenters. The van der Waals surface area contributed by atoms with Crippen LogP contribution in [0.4, 0.5) is 0 Å². The van der Waals surface area contributed by atoms with E-state index in [4.69, 9.17) is 14.9 Å². The quantitative estimate of drug-likeness (QED) is 0.369. The zero-order chi connectivity index (χ0) is 11.1. The Morgan fingerprint density at radius 3 is 2.29 bits per heavy atom. The van der Waals surface area contributed by atoms with Crippen LogP contribution in [-0.2, 0) is 4.74 Å². The highest BCUT2D eigenvalue weighted by Gasteiger charge is 2.30. The molecule has 0 rings (SSSR count). The van der Waals surface area contributed by atoms with Crippen molar-refractivity contribution in [3.63, 3.8) is 0 Å². The van der Waals surface area contributed by atoms with Gasteiger partial charge in [-0.3, -0.25) is 4.99 Å². The predicted octanol–water partition coefficient (Wildman–Crippen LogP) is -2.22. The van der Waals surface area contributed by atoms with Crippen LogP contribution >= 0.6 is 0 Å². The van der Waals surface area contributed by atoms with Gasteiger partial charge in [-0.25, -0.2) is 0 Å². The van der Waals surface area contributed by atoms with Crippen LogP contribution in [0, 0.1) is 0 Å². The number of nitrogens with zero attached hydrogens (tertiary/aromatic N) is 1. The second-order valence-electron chi connectivity index (χ2n) is 2.84. The van der Waals surface area contributed by atoms with Crippen molar-refractivity contribution < 1.29 is 25.2 Å². The first-order valence-electron chi connectivity index (χ1n) is 4.18. The minimum atomic E-state index is -1.36. The minimum absolute atomic E-state index is 0.600. The predicted molar refractivity (Wildman–Crippen MR) is 50.3 cm³/mol. The Balaban J connectivity index is 4.38. The minimum Gasteiger partial charge on any atom is -0.394 e. The first kappa shape index (κ1) is 13.5. The second kappa shape index (κ2) is 6.86. The fourth-order valence-electron chi connectivity index (χ4n) is 1.05. The number of hydrogen-bond acceptors (Lipinski definition) is 6. The van der Waals surface area contributed by atoms with Crippen LogP contribution in [-0.4, -0.2) is 71.8 Å². The molecule has 4 N–H and O–H groups in total. The summed E-state index contributed by atoms with van der Waals surface area (Å²) in [5.74, 6) is 0. The monoisotopic (exact) mass is 207 g/mol. The molecule has 0 saturated heterocycles. The van der Waals surface area contributed by atoms with Gasteiger partial charge in [-0.2, -0.15) is 0 Å². The zero-order valence-electron chi connectivity index (χ0n) is 8.24. The summed E-state index contributed by atoms with van der Waals surface area (Å²) in [6, 6.07) is 0. The standard InChI is InChI=1S/C8H17NO5/c1-9-3-5(11)8(14-2)7(13)6(12)4-10/h3,5-8,10-13H,4H2,1-2H3/t5-,6-,7-,8-/m1/s1. The molecule has 0 aromatic carbocycles. The van der Waals surface area contributed by atoms with E-state index in [0.717, 1.165) is 0 Å². The molecular weight excluding hydrogens is 190 g/mol. The molecule has 0 aliphatic heterocycles. The third kappa shape index (κ3) is 3.69. The number of aliphatic hydroxyl groups is 4. The molecule has 6 nitrogen and oxygen atoms in total. The van der Waals surface area contributed by atoms with Crippen LogP contribution in [0.3, 0.4) is 0 Å². The highest BCUT2D eigenvalue weighted by Crippen LogP contribution is 2.07. The molecule has 6 heteroatoms. The third-order valence-electron chi connectivity index (χ3n) is 1.83. The third-order valence-corrected chi connectivity index (χ3v) is 1.83. The summed E-state index contributed by atoms with van der Waals surface area (Å²) >= 11 is 0. The van der Waals surface area contributed by atoms with Gasteiger partial charge in [0.1, 0.15) is 24.4 Å². The van der Waals surface area contributed by atoms with E-state index in [-0.39, 0.29) is 0 Å². The molecule has 0 aliphatic carbocycles. The fourth-order valence-corrected chi connectivity index (χ4v) is 1.05. The summed E-state index contributed by atoms with van der Waals surface area (Å²) in [7, 11) is 2.75. The summed E-state index contributed by atoms with van der Waals surface area (Å²) in [5, 5.41) is 36.5. The SMILES string of the molecule is CN=C[C@@H](O)[C@@H](OC)[C@H](O)[C@H](O)CO. The lowest BCUT2D eigenvalue weighted by molar-refractivity contribution is -0.114. The lowest BCUT2D eigenvalue weighted by Gasteiger charge is -2.26. The molecule has 4 atom stereocenters. The number of methoxy groups -OCH3 is 1. The molecule has 0 heterocycles. The summed E-state index contributed by atoms with van der Waals surface area (Å²) in [5.41, 5.74) is 0. The van der Waals surface area contributed by atoms with Crippen molar-refractivity contribution >= 4 is 6.21 Å². The van der Waals surface area contributed by atoms with Crippen LogP contribution in [0.25, 0.3) is 0 Å². The van der Waals surface area contributed by atoms with Gasteiger partial charge in [-0.15, -0.1) is 0 Å². The molecule has 0 spiro atoms. The molecule has 0 aliphatic rings. The molecule has 84 valence electrons. The highest BCUT2D eigenvalue weighted by atomic mass is 16.5. The summed E-state index contributed by atoms with van der Waals surface area (Å²) in [6.07, 6.45) is -3.67. The highest BCUT2D eigenvalue weighted by molar-refractivity contribution is 5.63. The first-order chi connectivity index (χ1) is 6.58. The van der Waals surface area contributed by atoms with Gasteiger partial charge in [0.05, 0.1) is 6.61 Å². The lowest BCUT2D eigenvalue weighted by Crippen LogP contribution is -2.47. The van der Waals surface area contributed by atoms with Crippen molar-refractivity contribution in [3.8, 4) is 0 Å². The Morgan fingerprint density at radius 2 is 1.93 bits per heavy atom. The summed E-state index contributed by atoms with van der Waals surface area (Å²) in [4.78, 5) is 3.56. The van der Waals surface area contributed by atoms with Crippen molar-refractivity contribution in [2.75, 3.05) is 20.8 Å². The Morgan fingerprint density at radius 1 is 1.36 bits per heavy atom. The molecule has 0 aromatic rings. The topological polar surface area (TPSA) is 103 Å². The molecule has 14 heavy (non-hydrogen) atoms. The maximum absolute atomic E-state index is 9.42. The zero-order valence-corrected chi connectivity index (χ0v) is 8.24. The van der Waals surface area contributed by atoms with Crippen molar-refractivity contribution in [1.29, 1.82) is 0 Å². The van der Waals surface area contributed by atoms with E-state index < -0.39 is 31.0 Å². The van der Waals surface area contributed by atoms with E-state index in [1.165, 1.54) is 20.4 Å². The second-order valence-corrected chi connectivity index (χ2v) is 2.84. The maximum atomic E-state index is 9.42. The van der Waals surface area contributed by atoms with Crippen molar-refractivity contribution in [3.05, 3.63) is 0 Å². The largest absolute Gasteiger partial charge is 0.394 e. The van der Waals surface area contributed by atoms with E-state index in [1.807, 2.05) is 0 Å². The number of hydrogen-bond donors (Lipinski definition) is 4. The summed E-state index contributed by atoms with van der Waals surface area (Å²) < 4.78 is 4.79. The number of aliphatic imine (C=N–C) groups is 1. The number of ether oxygens (including phenoxy) is 1. The molecular formula is C8H17NO5. The molecule has 0 amide bonds. The Labute approximate surface area is 82.5 Å². The van der Waals surface area contributed by atoms with Crippen LogP contribution in [0.2, 0.25) is 0 Å². The average Bonchev–Trinajstić information content (AvgIpc) is 2.18. The van der Waals surface area contributed by atoms with E-state index in [0.29, 0.717) is 0 Å². The van der Waals surface area contributed by atoms with Gasteiger partial charge in [0.2, 0.25) is 0 Å². The number of rotatable bonds is 6. The van der Waals surface area contributed by atoms with Gasteiger partial charge in [0.25, 0.3) is 0 Å². The Bertz CT molecular complexity index is 175. The maximum Gasteiger partial charge on any atom is 0.117 e. The fraction of sp³-hybridized carbons (Fsp3) is 0.875. The summed E-state index contributed by atoms with van der Waals surface area (Å²) in [6.45, 7) is -0.600. The molecule has 0 saturated carbocycles. The van der Waals surface area contributed by atoms with E-state index in [2.05, 4.69) is 4.99 Å².